The maximum Gasteiger partial charge on any atom is 0.256 e. The summed E-state index contributed by atoms with van der Waals surface area (Å²) in [7, 11) is -3.14. The monoisotopic (exact) mass is 577 g/mol. The molecule has 4 aromatic rings. The van der Waals surface area contributed by atoms with Crippen molar-refractivity contribution in [1.29, 1.82) is 0 Å². The van der Waals surface area contributed by atoms with Crippen LogP contribution in [0.5, 0.6) is 0 Å². The molecular formula is C33H31N5O3S. The highest BCUT2D eigenvalue weighted by Gasteiger charge is 2.34. The largest absolute Gasteiger partial charge is 0.307 e. The Balaban J connectivity index is 1.44. The Morgan fingerprint density at radius 1 is 1.07 bits per heavy atom. The quantitative estimate of drug-likeness (QED) is 0.300. The third-order valence-electron chi connectivity index (χ3n) is 7.44. The number of pyridine rings is 2. The molecule has 0 radical (unpaired) electrons. The molecule has 212 valence electrons. The van der Waals surface area contributed by atoms with Gasteiger partial charge in [-0.05, 0) is 67.3 Å². The summed E-state index contributed by atoms with van der Waals surface area (Å²) in [6.07, 6.45) is 13.7. The van der Waals surface area contributed by atoms with E-state index < -0.39 is 9.84 Å². The summed E-state index contributed by atoms with van der Waals surface area (Å²) in [5, 5.41) is 7.95. The summed E-state index contributed by atoms with van der Waals surface area (Å²) >= 11 is 0. The topological polar surface area (TPSA) is 107 Å². The first-order chi connectivity index (χ1) is 20.4. The Hall–Kier alpha value is -4.63. The molecule has 8 nitrogen and oxygen atoms in total. The first-order valence-corrected chi connectivity index (χ1v) is 15.8. The molecule has 0 spiro atoms. The van der Waals surface area contributed by atoms with Gasteiger partial charge < -0.3 is 5.32 Å². The zero-order valence-corrected chi connectivity index (χ0v) is 24.1. The Labute approximate surface area is 245 Å². The van der Waals surface area contributed by atoms with E-state index >= 15 is 0 Å². The molecule has 2 aliphatic rings. The number of allylic oxidation sites excluding steroid dienone is 6. The highest BCUT2D eigenvalue weighted by Crippen LogP contribution is 2.36. The maximum atomic E-state index is 13.2. The molecule has 9 heteroatoms. The van der Waals surface area contributed by atoms with Crippen LogP contribution < -0.4 is 5.32 Å². The van der Waals surface area contributed by atoms with E-state index in [0.717, 1.165) is 34.5 Å². The fourth-order valence-electron chi connectivity index (χ4n) is 5.47. The average molecular weight is 578 g/mol. The molecule has 1 saturated heterocycles. The van der Waals surface area contributed by atoms with Gasteiger partial charge >= 0.3 is 0 Å². The number of hydrogen-bond acceptors (Lipinski definition) is 6. The Morgan fingerprint density at radius 3 is 2.74 bits per heavy atom. The summed E-state index contributed by atoms with van der Waals surface area (Å²) in [6.45, 7) is 1.88. The number of sulfone groups is 1. The van der Waals surface area contributed by atoms with Crippen LogP contribution in [0.25, 0.3) is 17.0 Å². The van der Waals surface area contributed by atoms with Crippen molar-refractivity contribution in [1.82, 2.24) is 19.7 Å². The average Bonchev–Trinajstić information content (AvgIpc) is 3.41. The Kier molecular flexibility index (Phi) is 7.67. The molecule has 1 aromatic carbocycles. The molecule has 3 aromatic heterocycles. The molecule has 1 unspecified atom stereocenters. The zero-order chi connectivity index (χ0) is 29.1. The molecule has 0 bridgehead atoms. The highest BCUT2D eigenvalue weighted by molar-refractivity contribution is 7.91. The van der Waals surface area contributed by atoms with Gasteiger partial charge in [-0.15, -0.1) is 0 Å². The van der Waals surface area contributed by atoms with Crippen LogP contribution in [0.1, 0.15) is 51.8 Å². The van der Waals surface area contributed by atoms with Gasteiger partial charge in [-0.1, -0.05) is 54.6 Å². The maximum absolute atomic E-state index is 13.2. The number of hydrogen-bond donors (Lipinski definition) is 1. The van der Waals surface area contributed by atoms with Crippen molar-refractivity contribution in [2.75, 3.05) is 16.8 Å². The summed E-state index contributed by atoms with van der Waals surface area (Å²) < 4.78 is 27.0. The number of rotatable bonds is 7. The number of nitrogens with one attached hydrogen (secondary N) is 1. The number of aromatic nitrogens is 4. The first kappa shape index (κ1) is 27.5. The number of carbonyl (C=O) groups excluding carboxylic acids is 1. The third kappa shape index (κ3) is 6.01. The van der Waals surface area contributed by atoms with E-state index in [-0.39, 0.29) is 23.5 Å². The van der Waals surface area contributed by atoms with Crippen LogP contribution in [0.3, 0.4) is 0 Å². The molecule has 1 amide bonds. The van der Waals surface area contributed by atoms with Gasteiger partial charge in [-0.25, -0.2) is 13.4 Å². The van der Waals surface area contributed by atoms with Crippen molar-refractivity contribution >= 4 is 27.1 Å². The third-order valence-corrected chi connectivity index (χ3v) is 9.19. The molecule has 4 heterocycles. The van der Waals surface area contributed by atoms with E-state index in [0.29, 0.717) is 35.6 Å². The lowest BCUT2D eigenvalue weighted by Gasteiger charge is -2.16. The number of nitrogens with zero attached hydrogens (tertiary/aromatic N) is 4. The van der Waals surface area contributed by atoms with E-state index in [1.54, 1.807) is 18.3 Å². The van der Waals surface area contributed by atoms with E-state index in [1.165, 1.54) is 0 Å². The predicted molar refractivity (Wildman–Crippen MR) is 165 cm³/mol. The molecular weight excluding hydrogens is 546 g/mol. The number of carbonyl (C=O) groups is 1. The normalized spacial score (nSPS) is 17.5. The van der Waals surface area contributed by atoms with Gasteiger partial charge in [0.25, 0.3) is 5.91 Å². The number of amides is 1. The second-order valence-electron chi connectivity index (χ2n) is 10.6. The van der Waals surface area contributed by atoms with E-state index in [9.17, 15) is 13.2 Å². The molecule has 1 fully saturated rings. The van der Waals surface area contributed by atoms with Crippen molar-refractivity contribution in [3.8, 4) is 11.4 Å². The van der Waals surface area contributed by atoms with Crippen molar-refractivity contribution in [2.45, 2.75) is 32.2 Å². The Morgan fingerprint density at radius 2 is 1.95 bits per heavy atom. The molecule has 6 rings (SSSR count). The Bertz CT molecular complexity index is 1840. The summed E-state index contributed by atoms with van der Waals surface area (Å²) in [4.78, 5) is 22.1. The van der Waals surface area contributed by atoms with Gasteiger partial charge in [-0.3, -0.25) is 14.5 Å². The number of aryl methyl sites for hydroxylation is 1. The van der Waals surface area contributed by atoms with Crippen LogP contribution in [0, 0.1) is 6.92 Å². The molecule has 1 aliphatic heterocycles. The minimum atomic E-state index is -3.14. The van der Waals surface area contributed by atoms with E-state index in [4.69, 9.17) is 5.10 Å². The van der Waals surface area contributed by atoms with Crippen LogP contribution in [0.4, 0.5) is 5.82 Å². The summed E-state index contributed by atoms with van der Waals surface area (Å²) in [6, 6.07) is 18.5. The van der Waals surface area contributed by atoms with Gasteiger partial charge in [0, 0.05) is 29.4 Å². The summed E-state index contributed by atoms with van der Waals surface area (Å²) in [5.74, 6) is 0.459. The van der Waals surface area contributed by atoms with Gasteiger partial charge in [-0.2, -0.15) is 5.10 Å². The second-order valence-corrected chi connectivity index (χ2v) is 12.8. The molecule has 1 aliphatic carbocycles. The fourth-order valence-corrected chi connectivity index (χ4v) is 7.16. The smallest absolute Gasteiger partial charge is 0.256 e. The molecule has 1 N–H and O–H groups in total. The van der Waals surface area contributed by atoms with Gasteiger partial charge in [0.2, 0.25) is 0 Å². The number of benzene rings is 1. The van der Waals surface area contributed by atoms with Gasteiger partial charge in [0.15, 0.2) is 9.84 Å². The van der Waals surface area contributed by atoms with E-state index in [2.05, 4.69) is 27.4 Å². The SMILES string of the molecule is Cc1cccc(NC(=O)c2cccc(Cc3c(-c4ccccn4)nn(C4CCS(=O)(=O)C4)c3C3=CCC=CC=C3)c2)n1. The van der Waals surface area contributed by atoms with Gasteiger partial charge in [0.05, 0.1) is 28.9 Å². The lowest BCUT2D eigenvalue weighted by molar-refractivity contribution is 0.102. The predicted octanol–water partition coefficient (Wildman–Crippen LogP) is 5.75. The lowest BCUT2D eigenvalue weighted by Crippen LogP contribution is -2.15. The fraction of sp³-hybridized carbons (Fsp3) is 0.212. The van der Waals surface area contributed by atoms with Crippen LogP contribution >= 0.6 is 0 Å². The number of anilines is 1. The first-order valence-electron chi connectivity index (χ1n) is 14.0. The van der Waals surface area contributed by atoms with Crippen molar-refractivity contribution in [2.24, 2.45) is 0 Å². The molecule has 1 atom stereocenters. The van der Waals surface area contributed by atoms with Crippen LogP contribution in [-0.4, -0.2) is 45.6 Å². The zero-order valence-electron chi connectivity index (χ0n) is 23.3. The minimum absolute atomic E-state index is 0.0562. The van der Waals surface area contributed by atoms with Crippen LogP contribution in [0.15, 0.2) is 97.2 Å². The standard InChI is InChI=1S/C33H31N5O3S/c1-23-10-8-16-30(35-23)36-33(39)26-14-9-11-24(20-26)21-28-31(29-15-6-7-18-34-29)37-38(27-17-19-42(40,41)22-27)32(28)25-12-4-2-3-5-13-25/h2-4,6-16,18,20,27H,5,17,19,21-22H2,1H3,(H,35,36,39). The second kappa shape index (κ2) is 11.7. The van der Waals surface area contributed by atoms with Crippen molar-refractivity contribution in [3.05, 3.63) is 125 Å². The minimum Gasteiger partial charge on any atom is -0.307 e. The van der Waals surface area contributed by atoms with Gasteiger partial charge in [0.1, 0.15) is 11.5 Å². The van der Waals surface area contributed by atoms with Crippen molar-refractivity contribution < 1.29 is 13.2 Å². The molecule has 0 saturated carbocycles. The van der Waals surface area contributed by atoms with Crippen LogP contribution in [-0.2, 0) is 16.3 Å². The van der Waals surface area contributed by atoms with Crippen LogP contribution in [0.2, 0.25) is 0 Å². The lowest BCUT2D eigenvalue weighted by atomic mass is 9.95. The summed E-state index contributed by atoms with van der Waals surface area (Å²) in [5.41, 5.74) is 6.49. The van der Waals surface area contributed by atoms with Crippen molar-refractivity contribution in [3.63, 3.8) is 0 Å². The molecule has 42 heavy (non-hydrogen) atoms. The van der Waals surface area contributed by atoms with E-state index in [1.807, 2.05) is 78.4 Å². The highest BCUT2D eigenvalue weighted by atomic mass is 32.2.